The molecule has 66 valence electrons. The van der Waals surface area contributed by atoms with Crippen LogP contribution in [0.25, 0.3) is 0 Å². The van der Waals surface area contributed by atoms with Crippen LogP contribution in [0.1, 0.15) is 18.9 Å². The van der Waals surface area contributed by atoms with Crippen molar-refractivity contribution in [3.63, 3.8) is 0 Å². The van der Waals surface area contributed by atoms with Crippen LogP contribution in [0.5, 0.6) is 0 Å². The highest BCUT2D eigenvalue weighted by Gasteiger charge is 2.15. The Kier molecular flexibility index (Phi) is 1.99. The summed E-state index contributed by atoms with van der Waals surface area (Å²) in [7, 11) is 0. The van der Waals surface area contributed by atoms with Gasteiger partial charge in [-0.2, -0.15) is 0 Å². The highest BCUT2D eigenvalue weighted by Crippen LogP contribution is 2.12. The lowest BCUT2D eigenvalue weighted by atomic mass is 10.1. The molecule has 1 aromatic heterocycles. The van der Waals surface area contributed by atoms with Crippen molar-refractivity contribution in [3.8, 4) is 0 Å². The third-order valence-electron chi connectivity index (χ3n) is 2.31. The van der Waals surface area contributed by atoms with E-state index >= 15 is 0 Å². The molecule has 1 aliphatic rings. The number of piperidine rings is 1. The molecule has 0 saturated carbocycles. The first-order valence-electron chi connectivity index (χ1n) is 4.34. The first-order chi connectivity index (χ1) is 5.88. The standard InChI is InChI=1S/C8H13N3O/c12-8-3-5-10-11(8)7-2-1-4-9-6-7/h3,5,7,9-10H,1-2,4,6H2. The summed E-state index contributed by atoms with van der Waals surface area (Å²) in [5, 5.41) is 6.21. The second kappa shape index (κ2) is 3.15. The van der Waals surface area contributed by atoms with Crippen LogP contribution in [0.15, 0.2) is 17.1 Å². The Bertz CT molecular complexity index is 295. The molecule has 0 spiro atoms. The molecule has 2 N–H and O–H groups in total. The van der Waals surface area contributed by atoms with Crippen molar-refractivity contribution in [1.82, 2.24) is 15.1 Å². The molecule has 1 saturated heterocycles. The number of H-pyrrole nitrogens is 1. The Labute approximate surface area is 70.6 Å². The van der Waals surface area contributed by atoms with Crippen LogP contribution in [-0.4, -0.2) is 22.9 Å². The normalized spacial score (nSPS) is 24.2. The maximum absolute atomic E-state index is 11.2. The predicted octanol–water partition coefficient (Wildman–Crippen LogP) is 0.101. The zero-order valence-electron chi connectivity index (χ0n) is 6.92. The number of aromatic amines is 1. The van der Waals surface area contributed by atoms with Gasteiger partial charge in [-0.3, -0.25) is 4.79 Å². The fourth-order valence-electron chi connectivity index (χ4n) is 1.67. The van der Waals surface area contributed by atoms with E-state index in [0.29, 0.717) is 6.04 Å². The van der Waals surface area contributed by atoms with E-state index < -0.39 is 0 Å². The number of aromatic nitrogens is 2. The maximum atomic E-state index is 11.2. The molecule has 1 atom stereocenters. The zero-order chi connectivity index (χ0) is 8.39. The zero-order valence-corrected chi connectivity index (χ0v) is 6.92. The lowest BCUT2D eigenvalue weighted by molar-refractivity contribution is 0.340. The summed E-state index contributed by atoms with van der Waals surface area (Å²) < 4.78 is 1.70. The van der Waals surface area contributed by atoms with Gasteiger partial charge in [0, 0.05) is 18.8 Å². The van der Waals surface area contributed by atoms with Crippen LogP contribution in [0.2, 0.25) is 0 Å². The van der Waals surface area contributed by atoms with Gasteiger partial charge in [-0.25, -0.2) is 4.68 Å². The summed E-state index contributed by atoms with van der Waals surface area (Å²) >= 11 is 0. The van der Waals surface area contributed by atoms with Crippen LogP contribution in [0.4, 0.5) is 0 Å². The van der Waals surface area contributed by atoms with Crippen molar-refractivity contribution in [1.29, 1.82) is 0 Å². The summed E-state index contributed by atoms with van der Waals surface area (Å²) in [4.78, 5) is 11.2. The Morgan fingerprint density at radius 2 is 2.50 bits per heavy atom. The summed E-state index contributed by atoms with van der Waals surface area (Å²) in [5.74, 6) is 0. The fraction of sp³-hybridized carbons (Fsp3) is 0.625. The third-order valence-corrected chi connectivity index (χ3v) is 2.31. The molecule has 0 amide bonds. The van der Waals surface area contributed by atoms with E-state index in [2.05, 4.69) is 10.4 Å². The average Bonchev–Trinajstić information content (AvgIpc) is 2.53. The topological polar surface area (TPSA) is 49.8 Å². The van der Waals surface area contributed by atoms with Crippen molar-refractivity contribution < 1.29 is 0 Å². The molecule has 0 bridgehead atoms. The number of hydrogen-bond acceptors (Lipinski definition) is 2. The quantitative estimate of drug-likeness (QED) is 0.623. The highest BCUT2D eigenvalue weighted by atomic mass is 16.1. The third kappa shape index (κ3) is 1.30. The van der Waals surface area contributed by atoms with Crippen LogP contribution < -0.4 is 10.9 Å². The number of rotatable bonds is 1. The van der Waals surface area contributed by atoms with Gasteiger partial charge in [-0.05, 0) is 19.4 Å². The lowest BCUT2D eigenvalue weighted by Gasteiger charge is -2.22. The largest absolute Gasteiger partial charge is 0.315 e. The second-order valence-corrected chi connectivity index (χ2v) is 3.17. The molecular formula is C8H13N3O. The molecule has 1 aromatic rings. The number of hydrogen-bond donors (Lipinski definition) is 2. The maximum Gasteiger partial charge on any atom is 0.266 e. The van der Waals surface area contributed by atoms with Crippen LogP contribution >= 0.6 is 0 Å². The van der Waals surface area contributed by atoms with Gasteiger partial charge in [0.05, 0.1) is 6.04 Å². The molecule has 0 radical (unpaired) electrons. The minimum Gasteiger partial charge on any atom is -0.315 e. The van der Waals surface area contributed by atoms with Gasteiger partial charge in [0.15, 0.2) is 0 Å². The number of nitrogens with one attached hydrogen (secondary N) is 2. The van der Waals surface area contributed by atoms with Gasteiger partial charge in [0.25, 0.3) is 5.56 Å². The van der Waals surface area contributed by atoms with E-state index in [1.165, 1.54) is 0 Å². The van der Waals surface area contributed by atoms with Gasteiger partial charge < -0.3 is 10.4 Å². The van der Waals surface area contributed by atoms with E-state index in [9.17, 15) is 4.79 Å². The van der Waals surface area contributed by atoms with Crippen LogP contribution in [-0.2, 0) is 0 Å². The Hall–Kier alpha value is -1.03. The lowest BCUT2D eigenvalue weighted by Crippen LogP contribution is -2.35. The molecule has 12 heavy (non-hydrogen) atoms. The molecule has 0 aliphatic carbocycles. The summed E-state index contributed by atoms with van der Waals surface area (Å²) in [6.07, 6.45) is 3.93. The van der Waals surface area contributed by atoms with Gasteiger partial charge in [-0.15, -0.1) is 0 Å². The minimum atomic E-state index is 0.0729. The van der Waals surface area contributed by atoms with Crippen molar-refractivity contribution in [2.24, 2.45) is 0 Å². The molecule has 2 rings (SSSR count). The van der Waals surface area contributed by atoms with Crippen molar-refractivity contribution in [2.45, 2.75) is 18.9 Å². The second-order valence-electron chi connectivity index (χ2n) is 3.17. The average molecular weight is 167 g/mol. The Balaban J connectivity index is 2.18. The summed E-state index contributed by atoms with van der Waals surface area (Å²) in [6.45, 7) is 1.98. The Morgan fingerprint density at radius 1 is 1.58 bits per heavy atom. The van der Waals surface area contributed by atoms with Crippen LogP contribution in [0, 0.1) is 0 Å². The van der Waals surface area contributed by atoms with Gasteiger partial charge in [0.2, 0.25) is 0 Å². The molecule has 4 heteroatoms. The predicted molar refractivity (Wildman–Crippen MR) is 46.2 cm³/mol. The van der Waals surface area contributed by atoms with E-state index in [-0.39, 0.29) is 5.56 Å². The van der Waals surface area contributed by atoms with Crippen molar-refractivity contribution >= 4 is 0 Å². The molecule has 2 heterocycles. The van der Waals surface area contributed by atoms with E-state index in [4.69, 9.17) is 0 Å². The first-order valence-corrected chi connectivity index (χ1v) is 4.34. The fourth-order valence-corrected chi connectivity index (χ4v) is 1.67. The molecule has 4 nitrogen and oxygen atoms in total. The summed E-state index contributed by atoms with van der Waals surface area (Å²) in [5.41, 5.74) is 0.0729. The highest BCUT2D eigenvalue weighted by molar-refractivity contribution is 4.85. The van der Waals surface area contributed by atoms with Crippen molar-refractivity contribution in [3.05, 3.63) is 22.6 Å². The number of nitrogens with zero attached hydrogens (tertiary/aromatic N) is 1. The molecule has 1 fully saturated rings. The van der Waals surface area contributed by atoms with Crippen LogP contribution in [0.3, 0.4) is 0 Å². The Morgan fingerprint density at radius 3 is 3.08 bits per heavy atom. The van der Waals surface area contributed by atoms with Gasteiger partial charge in [-0.1, -0.05) is 0 Å². The molecule has 1 unspecified atom stereocenters. The minimum absolute atomic E-state index is 0.0729. The SMILES string of the molecule is O=c1cc[nH]n1C1CCCNC1. The van der Waals surface area contributed by atoms with E-state index in [1.54, 1.807) is 16.9 Å². The summed E-state index contributed by atoms with van der Waals surface area (Å²) in [6, 6.07) is 1.88. The van der Waals surface area contributed by atoms with Crippen molar-refractivity contribution in [2.75, 3.05) is 13.1 Å². The monoisotopic (exact) mass is 167 g/mol. The first kappa shape index (κ1) is 7.61. The van der Waals surface area contributed by atoms with Gasteiger partial charge >= 0.3 is 0 Å². The van der Waals surface area contributed by atoms with E-state index in [0.717, 1.165) is 25.9 Å². The molecular weight excluding hydrogens is 154 g/mol. The molecule has 0 aromatic carbocycles. The smallest absolute Gasteiger partial charge is 0.266 e. The van der Waals surface area contributed by atoms with E-state index in [1.807, 2.05) is 0 Å². The molecule has 1 aliphatic heterocycles. The van der Waals surface area contributed by atoms with Gasteiger partial charge in [0.1, 0.15) is 0 Å².